The molecule has 5 aromatic rings. The molecule has 9 rings (SSSR count). The molecule has 11 heteroatoms. The molecule has 11 nitrogen and oxygen atoms in total. The van der Waals surface area contributed by atoms with Gasteiger partial charge >= 0.3 is 17.6 Å². The Hall–Kier alpha value is -5.59. The van der Waals surface area contributed by atoms with Crippen molar-refractivity contribution < 1.29 is 48.3 Å². The van der Waals surface area contributed by atoms with Gasteiger partial charge in [0.25, 0.3) is 0 Å². The van der Waals surface area contributed by atoms with Crippen LogP contribution in [-0.2, 0) is 36.6 Å². The van der Waals surface area contributed by atoms with E-state index in [2.05, 4.69) is 72.8 Å². The van der Waals surface area contributed by atoms with E-state index >= 15 is 0 Å². The molecule has 0 radical (unpaired) electrons. The Balaban J connectivity index is 1.20. The number of rotatable bonds is 10. The van der Waals surface area contributed by atoms with E-state index in [0.717, 1.165) is 36.8 Å². The van der Waals surface area contributed by atoms with Crippen LogP contribution in [0, 0.1) is 5.92 Å². The number of ether oxygens (including phenoxy) is 4. The van der Waals surface area contributed by atoms with Crippen molar-refractivity contribution in [3.05, 3.63) is 158 Å². The summed E-state index contributed by atoms with van der Waals surface area (Å²) in [5, 5.41) is 29.9. The smallest absolute Gasteiger partial charge is 0.339 e. The van der Waals surface area contributed by atoms with Crippen LogP contribution in [0.3, 0.4) is 0 Å². The Bertz CT molecular complexity index is 2540. The van der Waals surface area contributed by atoms with Crippen LogP contribution in [0.2, 0.25) is 0 Å². The number of benzene rings is 4. The summed E-state index contributed by atoms with van der Waals surface area (Å²) in [6.45, 7) is 4.05. The molecule has 64 heavy (non-hydrogen) atoms. The molecule has 3 N–H and O–H groups in total. The number of aliphatic hydroxyl groups excluding tert-OH is 3. The fraction of sp³-hybridized carbons (Fsp3) is 0.415. The summed E-state index contributed by atoms with van der Waals surface area (Å²) in [4.78, 5) is 43.0. The zero-order valence-electron chi connectivity index (χ0n) is 36.8. The van der Waals surface area contributed by atoms with Gasteiger partial charge in [-0.05, 0) is 135 Å². The van der Waals surface area contributed by atoms with Crippen molar-refractivity contribution in [1.29, 1.82) is 0 Å². The monoisotopic (exact) mass is 870 g/mol. The molecule has 336 valence electrons. The van der Waals surface area contributed by atoms with Crippen LogP contribution < -0.4 is 10.4 Å². The number of carbonyl (C=O) groups excluding carboxylic acids is 2. The molecule has 3 aliphatic heterocycles. The van der Waals surface area contributed by atoms with E-state index in [-0.39, 0.29) is 67.1 Å². The Kier molecular flexibility index (Phi) is 13.8. The maximum atomic E-state index is 14.8. The van der Waals surface area contributed by atoms with Gasteiger partial charge in [0.15, 0.2) is 12.2 Å². The number of hydrogen-bond acceptors (Lipinski definition) is 11. The Morgan fingerprint density at radius 1 is 0.844 bits per heavy atom. The highest BCUT2D eigenvalue weighted by Gasteiger charge is 2.51. The normalized spacial score (nSPS) is 23.5. The SMILES string of the molecule is CC(CO)=C1CCc2ccc(cc2)C2CCC(c3cccc(Cc4ccccc4)c3)CC2CC(=O)OC2c3c(ccc4cc(C(CCO)COCO)c(=O)oc34)OC(C)(C)C2OC1=O. The molecule has 1 fully saturated rings. The maximum absolute atomic E-state index is 14.8. The van der Waals surface area contributed by atoms with Gasteiger partial charge in [0.2, 0.25) is 0 Å². The quantitative estimate of drug-likeness (QED) is 0.0534. The van der Waals surface area contributed by atoms with E-state index in [4.69, 9.17) is 23.4 Å². The Morgan fingerprint density at radius 2 is 1.62 bits per heavy atom. The first-order valence-corrected chi connectivity index (χ1v) is 22.5. The summed E-state index contributed by atoms with van der Waals surface area (Å²) in [6, 6.07) is 32.8. The number of fused-ring (bicyclic) bond motifs is 11. The van der Waals surface area contributed by atoms with Crippen molar-refractivity contribution in [2.45, 2.75) is 108 Å². The van der Waals surface area contributed by atoms with Gasteiger partial charge in [-0.1, -0.05) is 78.9 Å². The van der Waals surface area contributed by atoms with Crippen molar-refractivity contribution in [2.24, 2.45) is 5.92 Å². The topological polar surface area (TPSA) is 162 Å². The second-order valence-corrected chi connectivity index (χ2v) is 18.2. The van der Waals surface area contributed by atoms with Gasteiger partial charge in [-0.3, -0.25) is 4.79 Å². The Morgan fingerprint density at radius 3 is 2.38 bits per heavy atom. The minimum atomic E-state index is -1.26. The summed E-state index contributed by atoms with van der Waals surface area (Å²) < 4.78 is 30.9. The van der Waals surface area contributed by atoms with Crippen LogP contribution >= 0.6 is 0 Å². The number of hydrogen-bond donors (Lipinski definition) is 3. The number of aryl methyl sites for hydroxylation is 1. The van der Waals surface area contributed by atoms with Crippen molar-refractivity contribution in [3.8, 4) is 5.75 Å². The van der Waals surface area contributed by atoms with Crippen LogP contribution in [0.25, 0.3) is 11.0 Å². The van der Waals surface area contributed by atoms with Gasteiger partial charge in [-0.15, -0.1) is 0 Å². The first-order valence-electron chi connectivity index (χ1n) is 22.5. The standard InChI is InChI=1S/C53H58O11/c1-32(29-55)42-19-14-33-12-15-36(16-13-33)43-20-17-38(37-11-7-10-35(25-37)24-34-8-5-4-6-9-34)26-41(43)28-46(57)61-49-47-45(64-53(2,3)50(49)63-51(42)58)21-18-39-27-44(52(59)62-48(39)47)40(22-23-54)30-60-31-56/h4-13,15-16,18,21,25,27,38,40-41,43,49-50,54-56H,14,17,19-20,22-24,26,28-31H2,1-3H3. The van der Waals surface area contributed by atoms with E-state index in [1.54, 1.807) is 39.0 Å². The largest absolute Gasteiger partial charge is 0.483 e. The predicted molar refractivity (Wildman–Crippen MR) is 241 cm³/mol. The van der Waals surface area contributed by atoms with E-state index < -0.39 is 48.1 Å². The molecule has 1 aliphatic carbocycles. The number of aliphatic hydroxyl groups is 3. The van der Waals surface area contributed by atoms with E-state index in [9.17, 15) is 29.7 Å². The Labute approximate surface area is 373 Å². The summed E-state index contributed by atoms with van der Waals surface area (Å²) in [5.74, 6) is -1.23. The molecule has 1 saturated carbocycles. The fourth-order valence-corrected chi connectivity index (χ4v) is 10.1. The van der Waals surface area contributed by atoms with Gasteiger partial charge in [0, 0.05) is 35.5 Å². The van der Waals surface area contributed by atoms with Crippen molar-refractivity contribution in [3.63, 3.8) is 0 Å². The highest BCUT2D eigenvalue weighted by molar-refractivity contribution is 5.90. The lowest BCUT2D eigenvalue weighted by Gasteiger charge is -2.43. The predicted octanol–water partition coefficient (Wildman–Crippen LogP) is 8.50. The average Bonchev–Trinajstić information content (AvgIpc) is 3.29. The molecule has 6 atom stereocenters. The van der Waals surface area contributed by atoms with Crippen molar-refractivity contribution in [2.75, 3.05) is 26.6 Å². The lowest BCUT2D eigenvalue weighted by atomic mass is 9.68. The summed E-state index contributed by atoms with van der Waals surface area (Å²) >= 11 is 0. The molecular weight excluding hydrogens is 813 g/mol. The second kappa shape index (κ2) is 19.7. The summed E-state index contributed by atoms with van der Waals surface area (Å²) in [5.41, 5.74) is 5.36. The highest BCUT2D eigenvalue weighted by Crippen LogP contribution is 2.49. The van der Waals surface area contributed by atoms with E-state index in [0.29, 0.717) is 35.1 Å². The molecule has 4 aliphatic rings. The number of esters is 2. The minimum absolute atomic E-state index is 0.0247. The summed E-state index contributed by atoms with van der Waals surface area (Å²) in [7, 11) is 0. The average molecular weight is 871 g/mol. The molecule has 0 amide bonds. The van der Waals surface area contributed by atoms with Crippen LogP contribution in [0.4, 0.5) is 0 Å². The van der Waals surface area contributed by atoms with Crippen molar-refractivity contribution in [1.82, 2.24) is 0 Å². The lowest BCUT2D eigenvalue weighted by molar-refractivity contribution is -0.188. The fourth-order valence-electron chi connectivity index (χ4n) is 10.1. The van der Waals surface area contributed by atoms with Crippen LogP contribution in [0.15, 0.2) is 117 Å². The second-order valence-electron chi connectivity index (χ2n) is 18.2. The first-order chi connectivity index (χ1) is 31.0. The molecule has 4 heterocycles. The molecule has 0 saturated heterocycles. The van der Waals surface area contributed by atoms with Gasteiger partial charge in [-0.25, -0.2) is 9.59 Å². The molecule has 1 aromatic heterocycles. The third kappa shape index (κ3) is 9.73. The minimum Gasteiger partial charge on any atom is -0.483 e. The van der Waals surface area contributed by atoms with Crippen molar-refractivity contribution >= 4 is 22.9 Å². The molecule has 6 unspecified atom stereocenters. The zero-order chi connectivity index (χ0) is 45.0. The highest BCUT2D eigenvalue weighted by atomic mass is 16.6. The molecular formula is C53H58O11. The third-order valence-electron chi connectivity index (χ3n) is 13.5. The van der Waals surface area contributed by atoms with Crippen LogP contribution in [0.5, 0.6) is 5.75 Å². The lowest BCUT2D eigenvalue weighted by Crippen LogP contribution is -2.52. The third-order valence-corrected chi connectivity index (χ3v) is 13.5. The van der Waals surface area contributed by atoms with Crippen LogP contribution in [0.1, 0.15) is 122 Å². The maximum Gasteiger partial charge on any atom is 0.339 e. The van der Waals surface area contributed by atoms with Gasteiger partial charge in [-0.2, -0.15) is 0 Å². The van der Waals surface area contributed by atoms with Gasteiger partial charge in [0.05, 0.1) is 18.8 Å². The molecule has 2 bridgehead atoms. The van der Waals surface area contributed by atoms with Crippen LogP contribution in [-0.4, -0.2) is 65.6 Å². The van der Waals surface area contributed by atoms with E-state index in [1.165, 1.54) is 16.7 Å². The summed E-state index contributed by atoms with van der Waals surface area (Å²) in [6.07, 6.45) is 2.06. The molecule has 4 aromatic carbocycles. The first kappa shape index (κ1) is 45.0. The zero-order valence-corrected chi connectivity index (χ0v) is 36.8. The molecule has 0 spiro atoms. The van der Waals surface area contributed by atoms with Gasteiger partial charge < -0.3 is 38.7 Å². The number of carbonyl (C=O) groups is 2. The van der Waals surface area contributed by atoms with E-state index in [1.807, 2.05) is 6.07 Å². The van der Waals surface area contributed by atoms with Gasteiger partial charge in [0.1, 0.15) is 23.7 Å².